The quantitative estimate of drug-likeness (QED) is 0.659. The fourth-order valence-corrected chi connectivity index (χ4v) is 1.57. The van der Waals surface area contributed by atoms with Gasteiger partial charge in [0.05, 0.1) is 10.5 Å². The van der Waals surface area contributed by atoms with Crippen LogP contribution in [0.15, 0.2) is 18.2 Å². The van der Waals surface area contributed by atoms with Crippen molar-refractivity contribution in [2.45, 2.75) is 39.2 Å². The first kappa shape index (κ1) is 15.1. The highest BCUT2D eigenvalue weighted by molar-refractivity contribution is 5.95. The van der Waals surface area contributed by atoms with E-state index in [9.17, 15) is 19.3 Å². The van der Waals surface area contributed by atoms with Crippen LogP contribution < -0.4 is 5.32 Å². The predicted molar refractivity (Wildman–Crippen MR) is 69.5 cm³/mol. The smallest absolute Gasteiger partial charge is 0.270 e. The van der Waals surface area contributed by atoms with Crippen LogP contribution in [0.3, 0.4) is 0 Å². The molecule has 5 nitrogen and oxygen atoms in total. The summed E-state index contributed by atoms with van der Waals surface area (Å²) < 4.78 is 13.6. The van der Waals surface area contributed by atoms with E-state index >= 15 is 0 Å². The summed E-state index contributed by atoms with van der Waals surface area (Å²) in [6.07, 6.45) is 1.37. The Hall–Kier alpha value is -1.98. The lowest BCUT2D eigenvalue weighted by molar-refractivity contribution is -0.384. The van der Waals surface area contributed by atoms with Crippen LogP contribution in [0, 0.1) is 15.9 Å². The summed E-state index contributed by atoms with van der Waals surface area (Å²) in [5.41, 5.74) is -1.06. The highest BCUT2D eigenvalue weighted by atomic mass is 19.1. The number of hydrogen-bond donors (Lipinski definition) is 1. The molecule has 104 valence electrons. The van der Waals surface area contributed by atoms with Crippen molar-refractivity contribution in [1.82, 2.24) is 5.32 Å². The van der Waals surface area contributed by atoms with Gasteiger partial charge in [-0.05, 0) is 25.8 Å². The minimum absolute atomic E-state index is 0.303. The number of amides is 1. The van der Waals surface area contributed by atoms with E-state index in [1.165, 1.54) is 0 Å². The molecule has 0 bridgehead atoms. The van der Waals surface area contributed by atoms with Crippen molar-refractivity contribution in [2.75, 3.05) is 0 Å². The molecule has 0 heterocycles. The zero-order valence-electron chi connectivity index (χ0n) is 11.2. The van der Waals surface area contributed by atoms with E-state index in [2.05, 4.69) is 5.32 Å². The van der Waals surface area contributed by atoms with Crippen molar-refractivity contribution in [3.05, 3.63) is 39.7 Å². The van der Waals surface area contributed by atoms with Gasteiger partial charge in [-0.25, -0.2) is 4.39 Å². The minimum Gasteiger partial charge on any atom is -0.347 e. The molecule has 1 amide bonds. The van der Waals surface area contributed by atoms with Crippen LogP contribution in [0.5, 0.6) is 0 Å². The van der Waals surface area contributed by atoms with Crippen LogP contribution in [-0.2, 0) is 0 Å². The molecule has 0 aromatic heterocycles. The first-order chi connectivity index (χ1) is 8.83. The normalized spacial score (nSPS) is 11.2. The third-order valence-corrected chi connectivity index (χ3v) is 3.38. The lowest BCUT2D eigenvalue weighted by atomic mass is 9.95. The van der Waals surface area contributed by atoms with Gasteiger partial charge in [-0.2, -0.15) is 0 Å². The molecule has 6 heteroatoms. The van der Waals surface area contributed by atoms with Gasteiger partial charge in [-0.1, -0.05) is 13.8 Å². The van der Waals surface area contributed by atoms with Crippen molar-refractivity contribution in [3.8, 4) is 0 Å². The Labute approximate surface area is 111 Å². The van der Waals surface area contributed by atoms with Crippen molar-refractivity contribution in [1.29, 1.82) is 0 Å². The van der Waals surface area contributed by atoms with Crippen LogP contribution in [-0.4, -0.2) is 16.4 Å². The van der Waals surface area contributed by atoms with Gasteiger partial charge in [0.15, 0.2) is 0 Å². The number of hydrogen-bond acceptors (Lipinski definition) is 3. The van der Waals surface area contributed by atoms with Crippen LogP contribution in [0.1, 0.15) is 44.0 Å². The van der Waals surface area contributed by atoms with Gasteiger partial charge in [0.1, 0.15) is 5.82 Å². The third kappa shape index (κ3) is 3.49. The Balaban J connectivity index is 3.06. The largest absolute Gasteiger partial charge is 0.347 e. The predicted octanol–water partition coefficient (Wildman–Crippen LogP) is 3.04. The molecule has 0 aliphatic rings. The Morgan fingerprint density at radius 3 is 2.47 bits per heavy atom. The molecule has 0 aliphatic carbocycles. The van der Waals surface area contributed by atoms with Gasteiger partial charge in [0.25, 0.3) is 11.6 Å². The molecule has 0 spiro atoms. The van der Waals surface area contributed by atoms with E-state index in [0.717, 1.165) is 18.2 Å². The maximum absolute atomic E-state index is 13.6. The Bertz CT molecular complexity index is 499. The molecule has 0 atom stereocenters. The minimum atomic E-state index is -0.766. The zero-order valence-corrected chi connectivity index (χ0v) is 11.2. The van der Waals surface area contributed by atoms with E-state index in [1.54, 1.807) is 0 Å². The summed E-state index contributed by atoms with van der Waals surface area (Å²) in [6.45, 7) is 5.67. The molecular formula is C13H17FN2O3. The molecule has 0 saturated heterocycles. The fraction of sp³-hybridized carbons (Fsp3) is 0.462. The number of carbonyl (C=O) groups is 1. The lowest BCUT2D eigenvalue weighted by Crippen LogP contribution is -2.45. The lowest BCUT2D eigenvalue weighted by Gasteiger charge is -2.28. The van der Waals surface area contributed by atoms with E-state index < -0.39 is 22.2 Å². The number of nitro benzene ring substituents is 1. The molecule has 0 aliphatic heterocycles. The van der Waals surface area contributed by atoms with E-state index in [-0.39, 0.29) is 11.3 Å². The summed E-state index contributed by atoms with van der Waals surface area (Å²) in [4.78, 5) is 22.0. The molecule has 1 aromatic carbocycles. The number of carbonyl (C=O) groups excluding carboxylic acids is 1. The second kappa shape index (κ2) is 5.77. The van der Waals surface area contributed by atoms with Gasteiger partial charge in [-0.15, -0.1) is 0 Å². The number of rotatable bonds is 5. The number of benzene rings is 1. The van der Waals surface area contributed by atoms with Crippen molar-refractivity contribution >= 4 is 11.6 Å². The van der Waals surface area contributed by atoms with E-state index in [0.29, 0.717) is 12.8 Å². The summed E-state index contributed by atoms with van der Waals surface area (Å²) in [5, 5.41) is 13.4. The standard InChI is InChI=1S/C13H17FN2O3/c1-4-13(3,5-2)15-12(17)10-8-9(16(18)19)6-7-11(10)14/h6-8H,4-5H2,1-3H3,(H,15,17). The van der Waals surface area contributed by atoms with Gasteiger partial charge >= 0.3 is 0 Å². The van der Waals surface area contributed by atoms with Gasteiger partial charge < -0.3 is 5.32 Å². The molecule has 1 N–H and O–H groups in total. The van der Waals surface area contributed by atoms with Crippen molar-refractivity contribution in [3.63, 3.8) is 0 Å². The summed E-state index contributed by atoms with van der Waals surface area (Å²) in [5.74, 6) is -1.40. The number of halogens is 1. The summed E-state index contributed by atoms with van der Waals surface area (Å²) in [6, 6.07) is 2.92. The Morgan fingerprint density at radius 1 is 1.42 bits per heavy atom. The molecule has 0 unspecified atom stereocenters. The number of nitro groups is 1. The summed E-state index contributed by atoms with van der Waals surface area (Å²) >= 11 is 0. The second-order valence-corrected chi connectivity index (χ2v) is 4.64. The van der Waals surface area contributed by atoms with Gasteiger partial charge in [-0.3, -0.25) is 14.9 Å². The topological polar surface area (TPSA) is 72.2 Å². The molecule has 19 heavy (non-hydrogen) atoms. The SMILES string of the molecule is CCC(C)(CC)NC(=O)c1cc([N+](=O)[O-])ccc1F. The van der Waals surface area contributed by atoms with Crippen LogP contribution >= 0.6 is 0 Å². The molecule has 0 saturated carbocycles. The maximum atomic E-state index is 13.6. The molecule has 0 fully saturated rings. The average molecular weight is 268 g/mol. The fourth-order valence-electron chi connectivity index (χ4n) is 1.57. The van der Waals surface area contributed by atoms with E-state index in [4.69, 9.17) is 0 Å². The Kier molecular flexibility index (Phi) is 4.58. The van der Waals surface area contributed by atoms with Crippen LogP contribution in [0.2, 0.25) is 0 Å². The third-order valence-electron chi connectivity index (χ3n) is 3.38. The number of nitrogens with zero attached hydrogens (tertiary/aromatic N) is 1. The number of non-ortho nitro benzene ring substituents is 1. The second-order valence-electron chi connectivity index (χ2n) is 4.64. The van der Waals surface area contributed by atoms with E-state index in [1.807, 2.05) is 20.8 Å². The zero-order chi connectivity index (χ0) is 14.6. The van der Waals surface area contributed by atoms with Crippen LogP contribution in [0.4, 0.5) is 10.1 Å². The van der Waals surface area contributed by atoms with Gasteiger partial charge in [0, 0.05) is 17.7 Å². The monoisotopic (exact) mass is 268 g/mol. The van der Waals surface area contributed by atoms with Gasteiger partial charge in [0.2, 0.25) is 0 Å². The number of nitrogens with one attached hydrogen (secondary N) is 1. The molecule has 1 aromatic rings. The highest BCUT2D eigenvalue weighted by Crippen LogP contribution is 2.19. The summed E-state index contributed by atoms with van der Waals surface area (Å²) in [7, 11) is 0. The van der Waals surface area contributed by atoms with Crippen molar-refractivity contribution in [2.24, 2.45) is 0 Å². The Morgan fingerprint density at radius 2 is 2.00 bits per heavy atom. The maximum Gasteiger partial charge on any atom is 0.270 e. The van der Waals surface area contributed by atoms with Crippen molar-refractivity contribution < 1.29 is 14.1 Å². The van der Waals surface area contributed by atoms with Crippen LogP contribution in [0.25, 0.3) is 0 Å². The first-order valence-corrected chi connectivity index (χ1v) is 6.09. The average Bonchev–Trinajstić information content (AvgIpc) is 2.38. The molecular weight excluding hydrogens is 251 g/mol. The first-order valence-electron chi connectivity index (χ1n) is 6.09. The molecule has 1 rings (SSSR count). The molecule has 0 radical (unpaired) electrons. The highest BCUT2D eigenvalue weighted by Gasteiger charge is 2.25.